The van der Waals surface area contributed by atoms with E-state index in [2.05, 4.69) is 5.32 Å². The number of benzene rings is 3. The summed E-state index contributed by atoms with van der Waals surface area (Å²) in [5, 5.41) is 16.9. The summed E-state index contributed by atoms with van der Waals surface area (Å²) in [6, 6.07) is 17.4. The maximum absolute atomic E-state index is 13.0. The van der Waals surface area contributed by atoms with Crippen LogP contribution in [-0.4, -0.2) is 26.7 Å². The molecule has 9 heteroatoms. The molecule has 3 N–H and O–H groups in total. The van der Waals surface area contributed by atoms with Gasteiger partial charge in [0.05, 0.1) is 22.1 Å². The Morgan fingerprint density at radius 2 is 1.82 bits per heavy atom. The van der Waals surface area contributed by atoms with Gasteiger partial charge in [-0.3, -0.25) is 9.59 Å². The van der Waals surface area contributed by atoms with Gasteiger partial charge in [0.15, 0.2) is 12.4 Å². The number of ether oxygens (including phenoxy) is 1. The van der Waals surface area contributed by atoms with E-state index < -0.39 is 15.9 Å². The van der Waals surface area contributed by atoms with Gasteiger partial charge in [0.25, 0.3) is 5.91 Å². The van der Waals surface area contributed by atoms with Crippen molar-refractivity contribution < 1.29 is 22.7 Å². The fourth-order valence-corrected chi connectivity index (χ4v) is 3.71. The van der Waals surface area contributed by atoms with Crippen LogP contribution >= 0.6 is 0 Å². The number of sulfonamides is 1. The summed E-state index contributed by atoms with van der Waals surface area (Å²) < 4.78 is 28.5. The van der Waals surface area contributed by atoms with Gasteiger partial charge in [0.1, 0.15) is 5.75 Å². The highest BCUT2D eigenvalue weighted by Gasteiger charge is 2.17. The summed E-state index contributed by atoms with van der Waals surface area (Å²) in [7, 11) is -3.85. The zero-order valence-electron chi connectivity index (χ0n) is 18.0. The van der Waals surface area contributed by atoms with Gasteiger partial charge in [-0.15, -0.1) is 0 Å². The summed E-state index contributed by atoms with van der Waals surface area (Å²) in [6.07, 6.45) is 0. The van der Waals surface area contributed by atoms with Gasteiger partial charge in [-0.05, 0) is 61.9 Å². The van der Waals surface area contributed by atoms with E-state index in [0.29, 0.717) is 22.4 Å². The van der Waals surface area contributed by atoms with Crippen molar-refractivity contribution in [3.63, 3.8) is 0 Å². The fourth-order valence-electron chi connectivity index (χ4n) is 3.12. The van der Waals surface area contributed by atoms with Crippen molar-refractivity contribution in [1.29, 1.82) is 5.26 Å². The lowest BCUT2D eigenvalue weighted by Crippen LogP contribution is -2.21. The van der Waals surface area contributed by atoms with Gasteiger partial charge in [0.2, 0.25) is 10.0 Å². The Bertz CT molecular complexity index is 1390. The summed E-state index contributed by atoms with van der Waals surface area (Å²) in [4.78, 5) is 25.4. The lowest BCUT2D eigenvalue weighted by atomic mass is 9.99. The molecule has 0 saturated heterocycles. The third kappa shape index (κ3) is 5.83. The van der Waals surface area contributed by atoms with Crippen LogP contribution in [0.4, 0.5) is 5.69 Å². The predicted octanol–water partition coefficient (Wildman–Crippen LogP) is 3.07. The molecule has 1 amide bonds. The van der Waals surface area contributed by atoms with Gasteiger partial charge in [0, 0.05) is 11.3 Å². The molecule has 3 aromatic carbocycles. The summed E-state index contributed by atoms with van der Waals surface area (Å²) in [6.45, 7) is 3.09. The third-order valence-corrected chi connectivity index (χ3v) is 5.70. The van der Waals surface area contributed by atoms with Crippen LogP contribution < -0.4 is 15.2 Å². The Morgan fingerprint density at radius 3 is 2.48 bits per heavy atom. The molecule has 0 aliphatic heterocycles. The number of primary sulfonamides is 1. The first-order chi connectivity index (χ1) is 15.6. The molecular weight excluding hydrogens is 442 g/mol. The van der Waals surface area contributed by atoms with Crippen molar-refractivity contribution in [2.75, 3.05) is 11.9 Å². The number of aryl methyl sites for hydroxylation is 2. The molecule has 0 saturated carbocycles. The standard InChI is InChI=1S/C24H21N3O5S/c1-15-6-9-22(20(10-15)24(29)18-5-3-4-17(12-18)13-25)32-14-23(28)27-21-8-7-19(11-16(21)2)33(26,30)31/h3-12H,14H2,1-2H3,(H,27,28)(H2,26,30,31). The highest BCUT2D eigenvalue weighted by Crippen LogP contribution is 2.24. The number of carbonyl (C=O) groups excluding carboxylic acids is 2. The average molecular weight is 464 g/mol. The maximum atomic E-state index is 13.0. The second kappa shape index (κ2) is 9.65. The first-order valence-corrected chi connectivity index (χ1v) is 11.3. The Hall–Kier alpha value is -4.00. The van der Waals surface area contributed by atoms with E-state index in [9.17, 15) is 18.0 Å². The van der Waals surface area contributed by atoms with Crippen LogP contribution in [0.1, 0.15) is 32.6 Å². The first-order valence-electron chi connectivity index (χ1n) is 9.80. The second-order valence-corrected chi connectivity index (χ2v) is 8.94. The summed E-state index contributed by atoms with van der Waals surface area (Å²) in [5.74, 6) is -0.600. The van der Waals surface area contributed by atoms with Gasteiger partial charge in [-0.2, -0.15) is 5.26 Å². The van der Waals surface area contributed by atoms with Crippen LogP contribution in [0, 0.1) is 25.2 Å². The van der Waals surface area contributed by atoms with E-state index in [4.69, 9.17) is 15.1 Å². The minimum atomic E-state index is -3.85. The molecule has 0 atom stereocenters. The molecule has 33 heavy (non-hydrogen) atoms. The fraction of sp³-hybridized carbons (Fsp3) is 0.125. The predicted molar refractivity (Wildman–Crippen MR) is 122 cm³/mol. The highest BCUT2D eigenvalue weighted by molar-refractivity contribution is 7.89. The number of nitrogens with zero attached hydrogens (tertiary/aromatic N) is 1. The number of nitrogens with one attached hydrogen (secondary N) is 1. The number of hydrogen-bond donors (Lipinski definition) is 2. The van der Waals surface area contributed by atoms with Crippen LogP contribution in [0.25, 0.3) is 0 Å². The number of carbonyl (C=O) groups is 2. The molecule has 0 aliphatic carbocycles. The first kappa shape index (κ1) is 23.7. The Labute approximate surface area is 191 Å². The maximum Gasteiger partial charge on any atom is 0.262 e. The van der Waals surface area contributed by atoms with Gasteiger partial charge < -0.3 is 10.1 Å². The van der Waals surface area contributed by atoms with E-state index >= 15 is 0 Å². The SMILES string of the molecule is Cc1ccc(OCC(=O)Nc2ccc(S(N)(=O)=O)cc2C)c(C(=O)c2cccc(C#N)c2)c1. The number of rotatable bonds is 7. The Balaban J connectivity index is 1.76. The molecular formula is C24H21N3O5S. The van der Waals surface area contributed by atoms with Crippen molar-refractivity contribution >= 4 is 27.4 Å². The number of anilines is 1. The normalized spacial score (nSPS) is 10.8. The molecule has 3 aromatic rings. The van der Waals surface area contributed by atoms with Crippen molar-refractivity contribution in [1.82, 2.24) is 0 Å². The van der Waals surface area contributed by atoms with E-state index in [1.807, 2.05) is 13.0 Å². The largest absolute Gasteiger partial charge is 0.483 e. The van der Waals surface area contributed by atoms with Crippen LogP contribution in [0.15, 0.2) is 65.6 Å². The lowest BCUT2D eigenvalue weighted by molar-refractivity contribution is -0.118. The second-order valence-electron chi connectivity index (χ2n) is 7.38. The van der Waals surface area contributed by atoms with Crippen molar-refractivity contribution in [2.24, 2.45) is 5.14 Å². The van der Waals surface area contributed by atoms with E-state index in [1.54, 1.807) is 43.3 Å². The molecule has 0 heterocycles. The van der Waals surface area contributed by atoms with Crippen LogP contribution in [0.2, 0.25) is 0 Å². The zero-order valence-corrected chi connectivity index (χ0v) is 18.8. The van der Waals surface area contributed by atoms with Gasteiger partial charge in [-0.1, -0.05) is 23.8 Å². The molecule has 168 valence electrons. The minimum absolute atomic E-state index is 0.0578. The molecule has 3 rings (SSSR count). The van der Waals surface area contributed by atoms with E-state index in [0.717, 1.165) is 5.56 Å². The lowest BCUT2D eigenvalue weighted by Gasteiger charge is -2.13. The Morgan fingerprint density at radius 1 is 1.06 bits per heavy atom. The quantitative estimate of drug-likeness (QED) is 0.516. The summed E-state index contributed by atoms with van der Waals surface area (Å²) in [5.41, 5.74) is 2.71. The highest BCUT2D eigenvalue weighted by atomic mass is 32.2. The van der Waals surface area contributed by atoms with E-state index in [1.165, 1.54) is 24.3 Å². The Kier molecular flexibility index (Phi) is 6.92. The molecule has 0 aromatic heterocycles. The molecule has 0 unspecified atom stereocenters. The molecule has 0 radical (unpaired) electrons. The van der Waals surface area contributed by atoms with E-state index in [-0.39, 0.29) is 28.6 Å². The monoisotopic (exact) mass is 463 g/mol. The number of hydrogen-bond acceptors (Lipinski definition) is 6. The van der Waals surface area contributed by atoms with Crippen molar-refractivity contribution in [3.05, 3.63) is 88.5 Å². The molecule has 0 bridgehead atoms. The zero-order chi connectivity index (χ0) is 24.2. The van der Waals surface area contributed by atoms with Crippen LogP contribution in [0.3, 0.4) is 0 Å². The van der Waals surface area contributed by atoms with Crippen LogP contribution in [0.5, 0.6) is 5.75 Å². The van der Waals surface area contributed by atoms with Gasteiger partial charge >= 0.3 is 0 Å². The number of amides is 1. The van der Waals surface area contributed by atoms with Crippen molar-refractivity contribution in [3.8, 4) is 11.8 Å². The third-order valence-electron chi connectivity index (χ3n) is 4.79. The number of nitrogens with two attached hydrogens (primary N) is 1. The average Bonchev–Trinajstić information content (AvgIpc) is 2.78. The topological polar surface area (TPSA) is 139 Å². The number of ketones is 1. The smallest absolute Gasteiger partial charge is 0.262 e. The van der Waals surface area contributed by atoms with Crippen molar-refractivity contribution in [2.45, 2.75) is 18.7 Å². The minimum Gasteiger partial charge on any atom is -0.483 e. The molecule has 0 spiro atoms. The van der Waals surface area contributed by atoms with Crippen LogP contribution in [-0.2, 0) is 14.8 Å². The van der Waals surface area contributed by atoms with Gasteiger partial charge in [-0.25, -0.2) is 13.6 Å². The number of nitriles is 1. The molecule has 0 aliphatic rings. The molecule has 0 fully saturated rings. The molecule has 8 nitrogen and oxygen atoms in total. The summed E-state index contributed by atoms with van der Waals surface area (Å²) >= 11 is 0.